The summed E-state index contributed by atoms with van der Waals surface area (Å²) in [7, 11) is -2.34. The lowest BCUT2D eigenvalue weighted by atomic mass is 10.0. The topological polar surface area (TPSA) is 164 Å². The molecule has 0 radical (unpaired) electrons. The molecule has 2 heterocycles. The Kier molecular flexibility index (Phi) is 12.9. The lowest BCUT2D eigenvalue weighted by molar-refractivity contribution is -0.0115. The fourth-order valence-corrected chi connectivity index (χ4v) is 6.67. The highest BCUT2D eigenvalue weighted by molar-refractivity contribution is 7.92. The molecule has 2 aromatic carbocycles. The van der Waals surface area contributed by atoms with Crippen LogP contribution < -0.4 is 14.8 Å². The molecule has 0 spiro atoms. The Balaban J connectivity index is 1.63. The number of aromatic nitrogens is 1. The monoisotopic (exact) mass is 719 g/mol. The average molecular weight is 720 g/mol. The summed E-state index contributed by atoms with van der Waals surface area (Å²) in [6.45, 7) is 9.53. The lowest BCUT2D eigenvalue weighted by Crippen LogP contribution is -2.48. The van der Waals surface area contributed by atoms with E-state index in [1.54, 1.807) is 40.0 Å². The van der Waals surface area contributed by atoms with Gasteiger partial charge in [0.1, 0.15) is 17.1 Å². The van der Waals surface area contributed by atoms with Crippen LogP contribution in [0.5, 0.6) is 5.75 Å². The summed E-state index contributed by atoms with van der Waals surface area (Å²) in [4.78, 5) is 30.6. The van der Waals surface area contributed by atoms with E-state index in [1.165, 1.54) is 40.1 Å². The Morgan fingerprint density at radius 3 is 2.53 bits per heavy atom. The van der Waals surface area contributed by atoms with E-state index in [0.29, 0.717) is 40.9 Å². The minimum absolute atomic E-state index is 0.00827. The maximum Gasteiger partial charge on any atom is 0.321 e. The fourth-order valence-electron chi connectivity index (χ4n) is 5.49. The summed E-state index contributed by atoms with van der Waals surface area (Å²) in [6.07, 6.45) is 1.50. The zero-order valence-electron chi connectivity index (χ0n) is 28.7. The van der Waals surface area contributed by atoms with Gasteiger partial charge in [-0.05, 0) is 89.4 Å². The third-order valence-electron chi connectivity index (χ3n) is 8.49. The maximum absolute atomic E-state index is 14.4. The number of hydrogen-bond acceptors (Lipinski definition) is 9. The number of aliphatic hydroxyl groups excluding tert-OH is 1. The van der Waals surface area contributed by atoms with Gasteiger partial charge >= 0.3 is 6.03 Å². The molecule has 49 heavy (non-hydrogen) atoms. The van der Waals surface area contributed by atoms with Crippen LogP contribution in [0, 0.1) is 19.8 Å². The number of hydrogen-bond donors (Lipinski definition) is 3. The van der Waals surface area contributed by atoms with E-state index in [-0.39, 0.29) is 53.9 Å². The molecule has 4 rings (SSSR count). The molecule has 0 aliphatic carbocycles. The molecule has 0 unspecified atom stereocenters. The number of nitrogens with zero attached hydrogens (tertiary/aromatic N) is 3. The summed E-state index contributed by atoms with van der Waals surface area (Å²) in [5, 5.41) is 17.4. The Morgan fingerprint density at radius 2 is 1.88 bits per heavy atom. The molecule has 0 fully saturated rings. The van der Waals surface area contributed by atoms with Crippen molar-refractivity contribution in [2.45, 2.75) is 77.0 Å². The molecule has 0 saturated heterocycles. The van der Waals surface area contributed by atoms with Crippen molar-refractivity contribution in [1.29, 1.82) is 0 Å². The third-order valence-corrected chi connectivity index (χ3v) is 10.1. The van der Waals surface area contributed by atoms with Gasteiger partial charge in [0.2, 0.25) is 0 Å². The van der Waals surface area contributed by atoms with Crippen LogP contribution in [0.4, 0.5) is 16.2 Å². The van der Waals surface area contributed by atoms with Gasteiger partial charge in [-0.1, -0.05) is 23.7 Å². The summed E-state index contributed by atoms with van der Waals surface area (Å²) in [5.74, 6) is 0.0530. The van der Waals surface area contributed by atoms with Crippen LogP contribution in [-0.2, 0) is 14.8 Å². The van der Waals surface area contributed by atoms with Crippen molar-refractivity contribution < 1.29 is 37.1 Å². The first-order chi connectivity index (χ1) is 23.2. The van der Waals surface area contributed by atoms with Crippen LogP contribution >= 0.6 is 11.6 Å². The van der Waals surface area contributed by atoms with Gasteiger partial charge in [0.05, 0.1) is 35.3 Å². The van der Waals surface area contributed by atoms with Crippen molar-refractivity contribution in [3.05, 3.63) is 64.5 Å². The summed E-state index contributed by atoms with van der Waals surface area (Å²) >= 11 is 5.95. The van der Waals surface area contributed by atoms with Crippen LogP contribution in [-0.4, -0.2) is 92.0 Å². The number of likely N-dealkylation sites (N-methyl/N-ethyl adjacent to an activating group) is 1. The number of anilines is 2. The Hall–Kier alpha value is -3.85. The maximum atomic E-state index is 14.4. The molecule has 0 bridgehead atoms. The first-order valence-corrected chi connectivity index (χ1v) is 18.1. The molecule has 0 saturated carbocycles. The molecular weight excluding hydrogens is 674 g/mol. The van der Waals surface area contributed by atoms with Crippen LogP contribution in [0.2, 0.25) is 5.02 Å². The number of benzene rings is 2. The van der Waals surface area contributed by atoms with Gasteiger partial charge in [-0.2, -0.15) is 0 Å². The molecular formula is C34H46ClN5O8S. The Morgan fingerprint density at radius 1 is 1.16 bits per heavy atom. The number of urea groups is 1. The van der Waals surface area contributed by atoms with Gasteiger partial charge in [-0.15, -0.1) is 0 Å². The summed E-state index contributed by atoms with van der Waals surface area (Å²) in [5.41, 5.74) is 1.38. The minimum atomic E-state index is -4.00. The summed E-state index contributed by atoms with van der Waals surface area (Å²) in [6, 6.07) is 9.35. The van der Waals surface area contributed by atoms with Gasteiger partial charge in [-0.3, -0.25) is 9.52 Å². The van der Waals surface area contributed by atoms with E-state index in [0.717, 1.165) is 12.8 Å². The number of fused-ring (bicyclic) bond motifs is 1. The highest BCUT2D eigenvalue weighted by Crippen LogP contribution is 2.30. The molecule has 1 aliphatic rings. The number of sulfonamides is 1. The predicted molar refractivity (Wildman–Crippen MR) is 187 cm³/mol. The number of carbonyl (C=O) groups is 2. The van der Waals surface area contributed by atoms with Gasteiger partial charge < -0.3 is 34.2 Å². The molecule has 4 atom stereocenters. The molecule has 3 N–H and O–H groups in total. The number of amides is 3. The smallest absolute Gasteiger partial charge is 0.321 e. The quantitative estimate of drug-likeness (QED) is 0.265. The van der Waals surface area contributed by atoms with Gasteiger partial charge in [0, 0.05) is 43.4 Å². The number of aliphatic hydroxyl groups is 1. The van der Waals surface area contributed by atoms with E-state index in [4.69, 9.17) is 25.6 Å². The van der Waals surface area contributed by atoms with Crippen LogP contribution in [0.25, 0.3) is 0 Å². The van der Waals surface area contributed by atoms with Gasteiger partial charge in [-0.25, -0.2) is 13.2 Å². The number of rotatable bonds is 8. The van der Waals surface area contributed by atoms with Crippen molar-refractivity contribution in [1.82, 2.24) is 15.0 Å². The van der Waals surface area contributed by atoms with E-state index in [2.05, 4.69) is 15.2 Å². The van der Waals surface area contributed by atoms with E-state index in [9.17, 15) is 23.1 Å². The molecule has 268 valence electrons. The highest BCUT2D eigenvalue weighted by atomic mass is 35.5. The zero-order valence-corrected chi connectivity index (χ0v) is 30.3. The lowest BCUT2D eigenvalue weighted by Gasteiger charge is -2.35. The Labute approximate surface area is 292 Å². The zero-order chi connectivity index (χ0) is 35.9. The van der Waals surface area contributed by atoms with Crippen LogP contribution in [0.15, 0.2) is 51.9 Å². The summed E-state index contributed by atoms with van der Waals surface area (Å²) < 4.78 is 46.7. The van der Waals surface area contributed by atoms with Crippen LogP contribution in [0.3, 0.4) is 0 Å². The normalized spacial score (nSPS) is 20.0. The number of ether oxygens (including phenoxy) is 2. The Bertz CT molecular complexity index is 1680. The second-order valence-electron chi connectivity index (χ2n) is 12.6. The third kappa shape index (κ3) is 9.87. The van der Waals surface area contributed by atoms with Gasteiger partial charge in [0.15, 0.2) is 5.76 Å². The van der Waals surface area contributed by atoms with Crippen molar-refractivity contribution in [2.75, 3.05) is 43.4 Å². The number of aryl methyl sites for hydroxylation is 2. The fraction of sp³-hybridized carbons (Fsp3) is 0.500. The first kappa shape index (κ1) is 38.0. The van der Waals surface area contributed by atoms with Crippen molar-refractivity contribution in [3.8, 4) is 5.75 Å². The largest absolute Gasteiger partial charge is 0.490 e. The number of halogens is 1. The van der Waals surface area contributed by atoms with Crippen LogP contribution in [0.1, 0.15) is 61.8 Å². The first-order valence-electron chi connectivity index (χ1n) is 16.3. The minimum Gasteiger partial charge on any atom is -0.490 e. The van der Waals surface area contributed by atoms with Crippen molar-refractivity contribution in [2.24, 2.45) is 5.92 Å². The average Bonchev–Trinajstić information content (AvgIpc) is 3.38. The van der Waals surface area contributed by atoms with E-state index < -0.39 is 28.1 Å². The van der Waals surface area contributed by atoms with E-state index in [1.807, 2.05) is 13.8 Å². The number of nitrogens with one attached hydrogen (secondary N) is 2. The molecule has 3 amide bonds. The molecule has 3 aromatic rings. The molecule has 1 aromatic heterocycles. The SMILES string of the molecule is Cc1noc(C)c1NC(=O)N(C)C[C@H]1OCCCC[C@H](C)Oc2ccc(NS(=O)(=O)c3ccc(Cl)cc3)cc2C(=O)N([C@@H](C)CO)C[C@@H]1C. The standard InChI is InChI=1S/C34H46ClN5O8S/c1-21-18-40(22(2)20-41)33(42)29-17-27(38-49(44,45)28-13-10-26(35)11-14-28)12-15-30(29)47-23(3)9-7-8-16-46-31(21)19-39(6)34(43)36-32-24(4)37-48-25(32)5/h10-15,17,21-23,31,38,41H,7-9,16,18-20H2,1-6H3,(H,36,43)/t21-,22-,23-,31+/m0/s1. The second-order valence-corrected chi connectivity index (χ2v) is 14.7. The molecule has 15 heteroatoms. The highest BCUT2D eigenvalue weighted by Gasteiger charge is 2.31. The van der Waals surface area contributed by atoms with E-state index >= 15 is 0 Å². The molecule has 1 aliphatic heterocycles. The predicted octanol–water partition coefficient (Wildman–Crippen LogP) is 5.71. The van der Waals surface area contributed by atoms with Crippen molar-refractivity contribution in [3.63, 3.8) is 0 Å². The molecule has 13 nitrogen and oxygen atoms in total. The number of carbonyl (C=O) groups excluding carboxylic acids is 2. The van der Waals surface area contributed by atoms with Gasteiger partial charge in [0.25, 0.3) is 15.9 Å². The van der Waals surface area contributed by atoms with Crippen molar-refractivity contribution >= 4 is 44.9 Å². The second kappa shape index (κ2) is 16.7.